The molecule has 1 aromatic carbocycles. The van der Waals surface area contributed by atoms with Gasteiger partial charge in [-0.25, -0.2) is 0 Å². The van der Waals surface area contributed by atoms with Crippen LogP contribution in [-0.4, -0.2) is 20.4 Å². The molecule has 0 bridgehead atoms. The fraction of sp³-hybridized carbons (Fsp3) is 0.133. The van der Waals surface area contributed by atoms with Crippen molar-refractivity contribution in [1.29, 1.82) is 0 Å². The minimum atomic E-state index is 0.0417. The molecule has 0 radical (unpaired) electrons. The van der Waals surface area contributed by atoms with Gasteiger partial charge < -0.3 is 4.74 Å². The highest BCUT2D eigenvalue weighted by Gasteiger charge is 2.05. The largest absolute Gasteiger partial charge is 0.486 e. The second-order valence-corrected chi connectivity index (χ2v) is 4.41. The Morgan fingerprint density at radius 2 is 1.95 bits per heavy atom. The van der Waals surface area contributed by atoms with Gasteiger partial charge >= 0.3 is 0 Å². The van der Waals surface area contributed by atoms with Crippen LogP contribution >= 0.6 is 0 Å². The van der Waals surface area contributed by atoms with E-state index in [1.165, 1.54) is 6.92 Å². The van der Waals surface area contributed by atoms with Crippen molar-refractivity contribution in [3.8, 4) is 5.75 Å². The number of ether oxygens (including phenoxy) is 1. The van der Waals surface area contributed by atoms with Crippen molar-refractivity contribution in [2.45, 2.75) is 13.5 Å². The molecule has 0 spiro atoms. The monoisotopic (exact) mass is 267 g/mol. The maximum absolute atomic E-state index is 11.2. The van der Waals surface area contributed by atoms with E-state index in [0.29, 0.717) is 17.9 Å². The highest BCUT2D eigenvalue weighted by atomic mass is 16.5. The Labute approximate surface area is 115 Å². The van der Waals surface area contributed by atoms with Gasteiger partial charge in [-0.1, -0.05) is 6.07 Å². The number of benzene rings is 1. The van der Waals surface area contributed by atoms with Gasteiger partial charge in [-0.05, 0) is 43.3 Å². The normalized spacial score (nSPS) is 10.7. The van der Waals surface area contributed by atoms with Crippen molar-refractivity contribution in [1.82, 2.24) is 14.6 Å². The Kier molecular flexibility index (Phi) is 3.16. The second-order valence-electron chi connectivity index (χ2n) is 4.41. The zero-order chi connectivity index (χ0) is 13.9. The van der Waals surface area contributed by atoms with Crippen molar-refractivity contribution < 1.29 is 9.53 Å². The average molecular weight is 267 g/mol. The van der Waals surface area contributed by atoms with Gasteiger partial charge in [0.1, 0.15) is 12.4 Å². The molecule has 0 saturated heterocycles. The number of hydrogen-bond donors (Lipinski definition) is 0. The van der Waals surface area contributed by atoms with Gasteiger partial charge in [-0.2, -0.15) is 0 Å². The van der Waals surface area contributed by atoms with E-state index in [1.807, 2.05) is 28.8 Å². The van der Waals surface area contributed by atoms with Crippen LogP contribution in [0.3, 0.4) is 0 Å². The third kappa shape index (κ3) is 2.38. The minimum absolute atomic E-state index is 0.0417. The van der Waals surface area contributed by atoms with Crippen LogP contribution in [0, 0.1) is 0 Å². The van der Waals surface area contributed by atoms with Gasteiger partial charge in [0.2, 0.25) is 0 Å². The van der Waals surface area contributed by atoms with Crippen LogP contribution in [0.5, 0.6) is 5.75 Å². The maximum atomic E-state index is 11.2. The summed E-state index contributed by atoms with van der Waals surface area (Å²) in [6, 6.07) is 12.8. The van der Waals surface area contributed by atoms with Crippen molar-refractivity contribution in [3.63, 3.8) is 0 Å². The molecule has 3 rings (SSSR count). The third-order valence-corrected chi connectivity index (χ3v) is 3.01. The van der Waals surface area contributed by atoms with E-state index in [2.05, 4.69) is 10.2 Å². The van der Waals surface area contributed by atoms with E-state index in [1.54, 1.807) is 24.3 Å². The number of carbonyl (C=O) groups is 1. The topological polar surface area (TPSA) is 56.5 Å². The van der Waals surface area contributed by atoms with Gasteiger partial charge in [0.25, 0.3) is 0 Å². The van der Waals surface area contributed by atoms with Gasteiger partial charge in [-0.3, -0.25) is 9.20 Å². The van der Waals surface area contributed by atoms with Crippen LogP contribution in [0.25, 0.3) is 5.65 Å². The third-order valence-electron chi connectivity index (χ3n) is 3.01. The Bertz CT molecular complexity index is 747. The highest BCUT2D eigenvalue weighted by Crippen LogP contribution is 2.14. The first-order valence-corrected chi connectivity index (χ1v) is 6.26. The second kappa shape index (κ2) is 5.13. The number of rotatable bonds is 4. The highest BCUT2D eigenvalue weighted by molar-refractivity contribution is 5.94. The van der Waals surface area contributed by atoms with Crippen LogP contribution in [0.4, 0.5) is 0 Å². The first-order valence-electron chi connectivity index (χ1n) is 6.26. The maximum Gasteiger partial charge on any atom is 0.175 e. The molecule has 0 aliphatic heterocycles. The molecular formula is C15H13N3O2. The predicted octanol–water partition coefficient (Wildman–Crippen LogP) is 2.51. The molecule has 20 heavy (non-hydrogen) atoms. The summed E-state index contributed by atoms with van der Waals surface area (Å²) in [5.41, 5.74) is 1.46. The fourth-order valence-electron chi connectivity index (χ4n) is 1.92. The molecule has 3 aromatic rings. The van der Waals surface area contributed by atoms with E-state index < -0.39 is 0 Å². The van der Waals surface area contributed by atoms with E-state index in [4.69, 9.17) is 4.74 Å². The quantitative estimate of drug-likeness (QED) is 0.681. The van der Waals surface area contributed by atoms with Gasteiger partial charge in [-0.15, -0.1) is 10.2 Å². The van der Waals surface area contributed by atoms with Gasteiger partial charge in [0.15, 0.2) is 17.3 Å². The van der Waals surface area contributed by atoms with E-state index in [0.717, 1.165) is 11.5 Å². The summed E-state index contributed by atoms with van der Waals surface area (Å²) in [7, 11) is 0. The smallest absolute Gasteiger partial charge is 0.175 e. The molecule has 100 valence electrons. The molecule has 0 fully saturated rings. The number of ketones is 1. The summed E-state index contributed by atoms with van der Waals surface area (Å²) >= 11 is 0. The molecule has 0 aliphatic carbocycles. The predicted molar refractivity (Wildman–Crippen MR) is 73.8 cm³/mol. The van der Waals surface area contributed by atoms with Crippen molar-refractivity contribution >= 4 is 11.4 Å². The van der Waals surface area contributed by atoms with Crippen LogP contribution in [0.1, 0.15) is 23.1 Å². The number of nitrogens with zero attached hydrogens (tertiary/aromatic N) is 3. The van der Waals surface area contributed by atoms with E-state index in [9.17, 15) is 4.79 Å². The number of aromatic nitrogens is 3. The molecular weight excluding hydrogens is 254 g/mol. The molecule has 5 nitrogen and oxygen atoms in total. The lowest BCUT2D eigenvalue weighted by Gasteiger charge is -2.05. The summed E-state index contributed by atoms with van der Waals surface area (Å²) in [6.07, 6.45) is 1.90. The van der Waals surface area contributed by atoms with Gasteiger partial charge in [0.05, 0.1) is 0 Å². The zero-order valence-electron chi connectivity index (χ0n) is 11.0. The molecule has 0 saturated carbocycles. The van der Waals surface area contributed by atoms with Gasteiger partial charge in [0, 0.05) is 11.8 Å². The molecule has 0 N–H and O–H groups in total. The SMILES string of the molecule is CC(=O)c1ccc(OCc2nnc3ccccn23)cc1. The number of hydrogen-bond acceptors (Lipinski definition) is 4. The summed E-state index contributed by atoms with van der Waals surface area (Å²) in [4.78, 5) is 11.2. The molecule has 2 heterocycles. The molecule has 0 amide bonds. The molecule has 0 unspecified atom stereocenters. The first-order chi connectivity index (χ1) is 9.74. The summed E-state index contributed by atoms with van der Waals surface area (Å²) < 4.78 is 7.54. The lowest BCUT2D eigenvalue weighted by Crippen LogP contribution is -2.01. The number of fused-ring (bicyclic) bond motifs is 1. The fourth-order valence-corrected chi connectivity index (χ4v) is 1.92. The number of pyridine rings is 1. The number of Topliss-reactive ketones (excluding diaryl/α,β-unsaturated/α-hetero) is 1. The van der Waals surface area contributed by atoms with Crippen molar-refractivity contribution in [2.24, 2.45) is 0 Å². The van der Waals surface area contributed by atoms with Crippen molar-refractivity contribution in [2.75, 3.05) is 0 Å². The molecule has 0 atom stereocenters. The Hall–Kier alpha value is -2.69. The molecule has 0 aliphatic rings. The van der Waals surface area contributed by atoms with Crippen molar-refractivity contribution in [3.05, 3.63) is 60.0 Å². The molecule has 5 heteroatoms. The Balaban J connectivity index is 1.74. The van der Waals surface area contributed by atoms with E-state index >= 15 is 0 Å². The summed E-state index contributed by atoms with van der Waals surface area (Å²) in [5, 5.41) is 8.15. The van der Waals surface area contributed by atoms with Crippen LogP contribution in [0.2, 0.25) is 0 Å². The van der Waals surface area contributed by atoms with Crippen LogP contribution in [-0.2, 0) is 6.61 Å². The van der Waals surface area contributed by atoms with Crippen LogP contribution < -0.4 is 4.74 Å². The molecule has 2 aromatic heterocycles. The minimum Gasteiger partial charge on any atom is -0.486 e. The summed E-state index contributed by atoms with van der Waals surface area (Å²) in [5.74, 6) is 1.47. The lowest BCUT2D eigenvalue weighted by atomic mass is 10.1. The van der Waals surface area contributed by atoms with E-state index in [-0.39, 0.29) is 5.78 Å². The standard InChI is InChI=1S/C15H13N3O2/c1-11(19)12-5-7-13(8-6-12)20-10-15-17-16-14-4-2-3-9-18(14)15/h2-9H,10H2,1H3. The zero-order valence-corrected chi connectivity index (χ0v) is 11.0. The Morgan fingerprint density at radius 3 is 2.70 bits per heavy atom. The lowest BCUT2D eigenvalue weighted by molar-refractivity contribution is 0.101. The average Bonchev–Trinajstić information content (AvgIpc) is 2.89. The Morgan fingerprint density at radius 1 is 1.15 bits per heavy atom. The summed E-state index contributed by atoms with van der Waals surface area (Å²) in [6.45, 7) is 1.86. The first kappa shape index (κ1) is 12.3. The van der Waals surface area contributed by atoms with Crippen LogP contribution in [0.15, 0.2) is 48.7 Å². The number of carbonyl (C=O) groups excluding carboxylic acids is 1.